The minimum absolute atomic E-state index is 0.269. The molecule has 0 aliphatic carbocycles. The van der Waals surface area contributed by atoms with E-state index in [4.69, 9.17) is 0 Å². The van der Waals surface area contributed by atoms with Crippen LogP contribution < -0.4 is 0 Å². The molecule has 0 atom stereocenters. The third-order valence-electron chi connectivity index (χ3n) is 3.90. The molecule has 0 aliphatic heterocycles. The molecule has 1 N–H and O–H groups in total. The van der Waals surface area contributed by atoms with Gasteiger partial charge in [0.15, 0.2) is 0 Å². The van der Waals surface area contributed by atoms with Gasteiger partial charge in [0.25, 0.3) is 0 Å². The van der Waals surface area contributed by atoms with Gasteiger partial charge in [-0.1, -0.05) is 22.0 Å². The van der Waals surface area contributed by atoms with Gasteiger partial charge in [0.05, 0.1) is 5.69 Å². The molecule has 2 heterocycles. The summed E-state index contributed by atoms with van der Waals surface area (Å²) in [6.45, 7) is 0. The zero-order valence-corrected chi connectivity index (χ0v) is 13.0. The molecule has 0 radical (unpaired) electrons. The molecule has 0 unspecified atom stereocenters. The Morgan fingerprint density at radius 1 is 1.00 bits per heavy atom. The van der Waals surface area contributed by atoms with Crippen LogP contribution in [0.2, 0.25) is 0 Å². The first-order valence-corrected chi connectivity index (χ1v) is 7.48. The maximum absolute atomic E-state index is 10.5. The average molecular weight is 341 g/mol. The summed E-state index contributed by atoms with van der Waals surface area (Å²) in [7, 11) is 2.02. The second kappa shape index (κ2) is 4.40. The number of aryl methyl sites for hydroxylation is 1. The van der Waals surface area contributed by atoms with Crippen LogP contribution in [-0.4, -0.2) is 14.2 Å². The van der Waals surface area contributed by atoms with Gasteiger partial charge in [0, 0.05) is 40.2 Å². The predicted molar refractivity (Wildman–Crippen MR) is 89.1 cm³/mol. The fourth-order valence-electron chi connectivity index (χ4n) is 2.77. The summed E-state index contributed by atoms with van der Waals surface area (Å²) < 4.78 is 4.91. The van der Waals surface area contributed by atoms with E-state index in [9.17, 15) is 5.11 Å². The van der Waals surface area contributed by atoms with Crippen LogP contribution in [0.5, 0.6) is 5.88 Å². The summed E-state index contributed by atoms with van der Waals surface area (Å²) in [4.78, 5) is 0. The molecule has 0 saturated carbocycles. The Labute approximate surface area is 130 Å². The van der Waals surface area contributed by atoms with Crippen LogP contribution in [0.3, 0.4) is 0 Å². The quantitative estimate of drug-likeness (QED) is 0.539. The number of aromatic nitrogens is 2. The van der Waals surface area contributed by atoms with E-state index in [0.717, 1.165) is 26.4 Å². The van der Waals surface area contributed by atoms with Crippen molar-refractivity contribution in [2.24, 2.45) is 7.05 Å². The SMILES string of the molecule is Cn1ccc2ccc(-n3cc4cc(Br)ccc4c3O)cc21. The first kappa shape index (κ1) is 12.5. The summed E-state index contributed by atoms with van der Waals surface area (Å²) in [5.41, 5.74) is 2.10. The molecule has 0 amide bonds. The number of aromatic hydroxyl groups is 1. The molecule has 4 rings (SSSR count). The molecule has 0 saturated heterocycles. The van der Waals surface area contributed by atoms with Crippen molar-refractivity contribution in [2.75, 3.05) is 0 Å². The zero-order valence-electron chi connectivity index (χ0n) is 11.4. The summed E-state index contributed by atoms with van der Waals surface area (Å²) in [5, 5.41) is 13.5. The number of benzene rings is 2. The maximum Gasteiger partial charge on any atom is 0.203 e. The highest BCUT2D eigenvalue weighted by Crippen LogP contribution is 2.32. The van der Waals surface area contributed by atoms with Crippen molar-refractivity contribution in [2.45, 2.75) is 0 Å². The third-order valence-corrected chi connectivity index (χ3v) is 4.39. The van der Waals surface area contributed by atoms with Gasteiger partial charge < -0.3 is 9.67 Å². The van der Waals surface area contributed by atoms with Gasteiger partial charge >= 0.3 is 0 Å². The van der Waals surface area contributed by atoms with E-state index in [-0.39, 0.29) is 5.88 Å². The normalized spacial score (nSPS) is 11.5. The molecule has 0 fully saturated rings. The van der Waals surface area contributed by atoms with Gasteiger partial charge in [-0.3, -0.25) is 4.57 Å². The highest BCUT2D eigenvalue weighted by molar-refractivity contribution is 9.10. The number of hydrogen-bond acceptors (Lipinski definition) is 1. The van der Waals surface area contributed by atoms with E-state index < -0.39 is 0 Å². The van der Waals surface area contributed by atoms with E-state index in [1.54, 1.807) is 0 Å². The van der Waals surface area contributed by atoms with Crippen LogP contribution in [0.4, 0.5) is 0 Å². The molecule has 4 aromatic rings. The van der Waals surface area contributed by atoms with E-state index in [0.29, 0.717) is 0 Å². The van der Waals surface area contributed by atoms with Crippen molar-refractivity contribution in [1.82, 2.24) is 9.13 Å². The largest absolute Gasteiger partial charge is 0.494 e. The fraction of sp³-hybridized carbons (Fsp3) is 0.0588. The van der Waals surface area contributed by atoms with Crippen LogP contribution in [0, 0.1) is 0 Å². The van der Waals surface area contributed by atoms with Crippen molar-refractivity contribution < 1.29 is 5.11 Å². The van der Waals surface area contributed by atoms with E-state index in [1.807, 2.05) is 48.3 Å². The van der Waals surface area contributed by atoms with Crippen molar-refractivity contribution in [3.05, 3.63) is 59.3 Å². The van der Waals surface area contributed by atoms with Gasteiger partial charge in [0.1, 0.15) is 0 Å². The van der Waals surface area contributed by atoms with Crippen molar-refractivity contribution in [1.29, 1.82) is 0 Å². The summed E-state index contributed by atoms with van der Waals surface area (Å²) in [6.07, 6.45) is 4.00. The van der Waals surface area contributed by atoms with E-state index in [1.165, 1.54) is 5.39 Å². The highest BCUT2D eigenvalue weighted by Gasteiger charge is 2.11. The Morgan fingerprint density at radius 2 is 1.86 bits per heavy atom. The molecule has 21 heavy (non-hydrogen) atoms. The maximum atomic E-state index is 10.5. The minimum atomic E-state index is 0.269. The molecule has 0 spiro atoms. The van der Waals surface area contributed by atoms with Crippen molar-refractivity contribution >= 4 is 37.6 Å². The summed E-state index contributed by atoms with van der Waals surface area (Å²) >= 11 is 3.47. The van der Waals surface area contributed by atoms with Crippen molar-refractivity contribution in [3.63, 3.8) is 0 Å². The zero-order chi connectivity index (χ0) is 14.6. The number of fused-ring (bicyclic) bond motifs is 2. The lowest BCUT2D eigenvalue weighted by atomic mass is 10.2. The van der Waals surface area contributed by atoms with E-state index >= 15 is 0 Å². The minimum Gasteiger partial charge on any atom is -0.494 e. The number of rotatable bonds is 1. The van der Waals surface area contributed by atoms with Crippen LogP contribution in [0.1, 0.15) is 0 Å². The molecular weight excluding hydrogens is 328 g/mol. The third kappa shape index (κ3) is 1.87. The standard InChI is InChI=1S/C17H13BrN2O/c1-19-7-6-11-2-4-14(9-16(11)19)20-10-12-8-13(18)3-5-15(12)17(20)21/h2-10,21H,1H3. The predicted octanol–water partition coefficient (Wildman–Crippen LogP) is 4.59. The molecule has 2 aromatic heterocycles. The molecule has 104 valence electrons. The first-order valence-electron chi connectivity index (χ1n) is 6.68. The lowest BCUT2D eigenvalue weighted by molar-refractivity contribution is 0.448. The highest BCUT2D eigenvalue weighted by atomic mass is 79.9. The van der Waals surface area contributed by atoms with Crippen LogP contribution in [-0.2, 0) is 7.05 Å². The Kier molecular flexibility index (Phi) is 2.62. The monoisotopic (exact) mass is 340 g/mol. The van der Waals surface area contributed by atoms with Crippen LogP contribution in [0.15, 0.2) is 59.3 Å². The molecule has 4 heteroatoms. The molecule has 3 nitrogen and oxygen atoms in total. The summed E-state index contributed by atoms with van der Waals surface area (Å²) in [5.74, 6) is 0.269. The Hall–Kier alpha value is -2.20. The lowest BCUT2D eigenvalue weighted by Crippen LogP contribution is -1.92. The molecule has 2 aromatic carbocycles. The smallest absolute Gasteiger partial charge is 0.203 e. The van der Waals surface area contributed by atoms with Gasteiger partial charge in [0.2, 0.25) is 5.88 Å². The lowest BCUT2D eigenvalue weighted by Gasteiger charge is -2.06. The molecule has 0 aliphatic rings. The molecule has 0 bridgehead atoms. The van der Waals surface area contributed by atoms with E-state index in [2.05, 4.69) is 38.7 Å². The second-order valence-electron chi connectivity index (χ2n) is 5.22. The van der Waals surface area contributed by atoms with Gasteiger partial charge in [-0.05, 0) is 41.8 Å². The van der Waals surface area contributed by atoms with Crippen LogP contribution >= 0.6 is 15.9 Å². The Balaban J connectivity index is 1.98. The van der Waals surface area contributed by atoms with Gasteiger partial charge in [-0.25, -0.2) is 0 Å². The Morgan fingerprint density at radius 3 is 2.71 bits per heavy atom. The topological polar surface area (TPSA) is 30.1 Å². The van der Waals surface area contributed by atoms with Crippen LogP contribution in [0.25, 0.3) is 27.4 Å². The number of halogens is 1. The molecular formula is C17H13BrN2O. The first-order chi connectivity index (χ1) is 10.1. The van der Waals surface area contributed by atoms with Crippen molar-refractivity contribution in [3.8, 4) is 11.6 Å². The van der Waals surface area contributed by atoms with Gasteiger partial charge in [-0.15, -0.1) is 0 Å². The average Bonchev–Trinajstić information content (AvgIpc) is 3.00. The number of nitrogens with zero attached hydrogens (tertiary/aromatic N) is 2. The summed E-state index contributed by atoms with van der Waals surface area (Å²) in [6, 6.07) is 14.1. The second-order valence-corrected chi connectivity index (χ2v) is 6.14. The Bertz CT molecular complexity index is 981. The number of hydrogen-bond donors (Lipinski definition) is 1. The van der Waals surface area contributed by atoms with Gasteiger partial charge in [-0.2, -0.15) is 0 Å². The fourth-order valence-corrected chi connectivity index (χ4v) is 3.15.